The third kappa shape index (κ3) is 6.69. The quantitative estimate of drug-likeness (QED) is 0.587. The molecule has 1 fully saturated rings. The van der Waals surface area contributed by atoms with Crippen LogP contribution in [0.2, 0.25) is 0 Å². The van der Waals surface area contributed by atoms with E-state index in [0.29, 0.717) is 13.1 Å². The van der Waals surface area contributed by atoms with E-state index >= 15 is 0 Å². The number of carbonyl (C=O) groups excluding carboxylic acids is 1. The van der Waals surface area contributed by atoms with Gasteiger partial charge in [0.1, 0.15) is 0 Å². The fourth-order valence-electron chi connectivity index (χ4n) is 4.29. The van der Waals surface area contributed by atoms with Crippen LogP contribution in [-0.4, -0.2) is 68.5 Å². The summed E-state index contributed by atoms with van der Waals surface area (Å²) >= 11 is 0. The summed E-state index contributed by atoms with van der Waals surface area (Å²) in [6.45, 7) is 6.69. The lowest BCUT2D eigenvalue weighted by atomic mass is 9.95. The lowest BCUT2D eigenvalue weighted by Gasteiger charge is -2.37. The van der Waals surface area contributed by atoms with E-state index in [1.54, 1.807) is 0 Å². The van der Waals surface area contributed by atoms with Crippen LogP contribution in [0, 0.1) is 5.92 Å². The molecule has 0 radical (unpaired) electrons. The zero-order valence-electron chi connectivity index (χ0n) is 19.5. The third-order valence-electron chi connectivity index (χ3n) is 5.62. The van der Waals surface area contributed by atoms with Crippen molar-refractivity contribution in [2.24, 2.45) is 5.92 Å². The number of ether oxygens (including phenoxy) is 1. The first-order valence-electron chi connectivity index (χ1n) is 11.3. The highest BCUT2D eigenvalue weighted by atomic mass is 16.5. The van der Waals surface area contributed by atoms with E-state index in [1.165, 1.54) is 0 Å². The van der Waals surface area contributed by atoms with E-state index in [4.69, 9.17) is 4.74 Å². The van der Waals surface area contributed by atoms with Crippen molar-refractivity contribution in [1.82, 2.24) is 10.2 Å². The smallest absolute Gasteiger partial charge is 0.319 e. The van der Waals surface area contributed by atoms with Crippen LogP contribution in [0.3, 0.4) is 0 Å². The number of rotatable bonds is 8. The van der Waals surface area contributed by atoms with E-state index in [0.717, 1.165) is 30.0 Å². The minimum atomic E-state index is -0.664. The zero-order valence-corrected chi connectivity index (χ0v) is 19.5. The molecule has 4 unspecified atom stereocenters. The summed E-state index contributed by atoms with van der Waals surface area (Å²) in [5.74, 6) is -0.144. The van der Waals surface area contributed by atoms with Crippen molar-refractivity contribution in [3.8, 4) is 0 Å². The summed E-state index contributed by atoms with van der Waals surface area (Å²) in [5.41, 5.74) is 2.60. The molecule has 174 valence electrons. The Kier molecular flexibility index (Phi) is 8.50. The molecule has 0 saturated carbocycles. The van der Waals surface area contributed by atoms with Crippen molar-refractivity contribution < 1.29 is 14.6 Å². The molecule has 0 spiro atoms. The molecule has 0 aromatic heterocycles. The van der Waals surface area contributed by atoms with Gasteiger partial charge in [0.15, 0.2) is 0 Å². The topological polar surface area (TPSA) is 77.1 Å². The number of aliphatic hydroxyl groups is 1. The van der Waals surface area contributed by atoms with Crippen LogP contribution < -0.4 is 15.5 Å². The Hall–Kier alpha value is -2.61. The second-order valence-corrected chi connectivity index (χ2v) is 8.89. The Morgan fingerprint density at radius 2 is 1.72 bits per heavy atom. The van der Waals surface area contributed by atoms with Gasteiger partial charge in [-0.05, 0) is 45.6 Å². The van der Waals surface area contributed by atoms with Crippen LogP contribution in [0.5, 0.6) is 0 Å². The van der Waals surface area contributed by atoms with E-state index in [2.05, 4.69) is 29.4 Å². The minimum Gasteiger partial charge on any atom is -0.388 e. The molecular formula is C25H36N4O3. The SMILES string of the molecule is CC1CN(c2ccccc2NC(=O)NCC(CN(C)C)C(O)c2ccccc2)CC(C)O1. The normalized spacial score (nSPS) is 20.6. The molecule has 0 aliphatic carbocycles. The van der Waals surface area contributed by atoms with Gasteiger partial charge in [0, 0.05) is 32.1 Å². The molecule has 7 heteroatoms. The van der Waals surface area contributed by atoms with Crippen molar-refractivity contribution in [2.75, 3.05) is 50.5 Å². The molecule has 3 rings (SSSR count). The Balaban J connectivity index is 1.64. The van der Waals surface area contributed by atoms with Gasteiger partial charge in [0.25, 0.3) is 0 Å². The second kappa shape index (κ2) is 11.3. The van der Waals surface area contributed by atoms with Gasteiger partial charge < -0.3 is 30.3 Å². The van der Waals surface area contributed by atoms with Gasteiger partial charge in [-0.3, -0.25) is 0 Å². The minimum absolute atomic E-state index is 0.131. The van der Waals surface area contributed by atoms with Crippen LogP contribution in [0.15, 0.2) is 54.6 Å². The van der Waals surface area contributed by atoms with Crippen LogP contribution in [0.4, 0.5) is 16.2 Å². The van der Waals surface area contributed by atoms with E-state index < -0.39 is 6.10 Å². The number of aliphatic hydroxyl groups excluding tert-OH is 1. The van der Waals surface area contributed by atoms with Crippen LogP contribution >= 0.6 is 0 Å². The summed E-state index contributed by atoms with van der Waals surface area (Å²) in [5, 5.41) is 16.8. The second-order valence-electron chi connectivity index (χ2n) is 8.89. The Morgan fingerprint density at radius 1 is 1.09 bits per heavy atom. The fraction of sp³-hybridized carbons (Fsp3) is 0.480. The van der Waals surface area contributed by atoms with Gasteiger partial charge in [-0.1, -0.05) is 42.5 Å². The number of para-hydroxylation sites is 2. The standard InChI is InChI=1S/C25H36N4O3/c1-18-15-29(16-19(2)32-18)23-13-9-8-12-22(23)27-25(31)26-14-21(17-28(3)4)24(30)20-10-6-5-7-11-20/h5-13,18-19,21,24,30H,14-17H2,1-4H3,(H2,26,27,31). The maximum atomic E-state index is 12.8. The van der Waals surface area contributed by atoms with Gasteiger partial charge in [-0.2, -0.15) is 0 Å². The number of anilines is 2. The van der Waals surface area contributed by atoms with Crippen molar-refractivity contribution in [2.45, 2.75) is 32.2 Å². The highest BCUT2D eigenvalue weighted by molar-refractivity contribution is 5.93. The number of hydrogen-bond acceptors (Lipinski definition) is 5. The van der Waals surface area contributed by atoms with Gasteiger partial charge in [0.05, 0.1) is 29.7 Å². The maximum absolute atomic E-state index is 12.8. The van der Waals surface area contributed by atoms with E-state index in [1.807, 2.05) is 73.6 Å². The lowest BCUT2D eigenvalue weighted by molar-refractivity contribution is -0.00517. The van der Waals surface area contributed by atoms with Crippen LogP contribution in [0.25, 0.3) is 0 Å². The molecule has 3 N–H and O–H groups in total. The molecule has 1 aliphatic rings. The largest absolute Gasteiger partial charge is 0.388 e. The number of benzene rings is 2. The van der Waals surface area contributed by atoms with Crippen molar-refractivity contribution in [3.63, 3.8) is 0 Å². The van der Waals surface area contributed by atoms with Gasteiger partial charge >= 0.3 is 6.03 Å². The summed E-state index contributed by atoms with van der Waals surface area (Å²) in [6.07, 6.45) is -0.402. The number of nitrogens with one attached hydrogen (secondary N) is 2. The Morgan fingerprint density at radius 3 is 2.38 bits per heavy atom. The summed E-state index contributed by atoms with van der Waals surface area (Å²) in [7, 11) is 3.93. The molecular weight excluding hydrogens is 404 g/mol. The van der Waals surface area contributed by atoms with Crippen LogP contribution in [0.1, 0.15) is 25.5 Å². The maximum Gasteiger partial charge on any atom is 0.319 e. The van der Waals surface area contributed by atoms with Gasteiger partial charge in [0.2, 0.25) is 0 Å². The fourth-order valence-corrected chi connectivity index (χ4v) is 4.29. The molecule has 2 aromatic rings. The molecule has 2 amide bonds. The molecule has 4 atom stereocenters. The predicted octanol–water partition coefficient (Wildman–Crippen LogP) is 3.33. The Labute approximate surface area is 191 Å². The lowest BCUT2D eigenvalue weighted by Crippen LogP contribution is -2.46. The summed E-state index contributed by atoms with van der Waals surface area (Å²) in [6, 6.07) is 17.1. The average Bonchev–Trinajstić information content (AvgIpc) is 2.76. The van der Waals surface area contributed by atoms with Gasteiger partial charge in [-0.15, -0.1) is 0 Å². The molecule has 7 nitrogen and oxygen atoms in total. The number of hydrogen-bond donors (Lipinski definition) is 3. The first-order chi connectivity index (χ1) is 15.3. The van der Waals surface area contributed by atoms with Crippen molar-refractivity contribution >= 4 is 17.4 Å². The number of urea groups is 1. The van der Waals surface area contributed by atoms with E-state index in [-0.39, 0.29) is 24.2 Å². The van der Waals surface area contributed by atoms with Gasteiger partial charge in [-0.25, -0.2) is 4.79 Å². The van der Waals surface area contributed by atoms with Crippen LogP contribution in [-0.2, 0) is 4.74 Å². The number of nitrogens with zero attached hydrogens (tertiary/aromatic N) is 2. The van der Waals surface area contributed by atoms with Crippen molar-refractivity contribution in [1.29, 1.82) is 0 Å². The number of amides is 2. The summed E-state index contributed by atoms with van der Waals surface area (Å²) in [4.78, 5) is 17.0. The highest BCUT2D eigenvalue weighted by Crippen LogP contribution is 2.28. The first kappa shape index (κ1) is 24.0. The molecule has 2 aromatic carbocycles. The molecule has 0 bridgehead atoms. The summed E-state index contributed by atoms with van der Waals surface area (Å²) < 4.78 is 5.85. The average molecular weight is 441 g/mol. The molecule has 1 heterocycles. The van der Waals surface area contributed by atoms with Crippen molar-refractivity contribution in [3.05, 3.63) is 60.2 Å². The third-order valence-corrected chi connectivity index (χ3v) is 5.62. The number of morpholine rings is 1. The monoisotopic (exact) mass is 440 g/mol. The molecule has 1 saturated heterocycles. The zero-order chi connectivity index (χ0) is 23.1. The first-order valence-corrected chi connectivity index (χ1v) is 11.3. The Bertz CT molecular complexity index is 851. The molecule has 1 aliphatic heterocycles. The highest BCUT2D eigenvalue weighted by Gasteiger charge is 2.25. The number of carbonyl (C=O) groups is 1. The van der Waals surface area contributed by atoms with E-state index in [9.17, 15) is 9.90 Å². The predicted molar refractivity (Wildman–Crippen MR) is 129 cm³/mol. The molecule has 32 heavy (non-hydrogen) atoms.